The van der Waals surface area contributed by atoms with Gasteiger partial charge in [-0.25, -0.2) is 4.79 Å². The van der Waals surface area contributed by atoms with Gasteiger partial charge >= 0.3 is 11.9 Å². The lowest BCUT2D eigenvalue weighted by Crippen LogP contribution is -2.21. The molecule has 3 N–H and O–H groups in total. The van der Waals surface area contributed by atoms with E-state index in [0.29, 0.717) is 11.3 Å². The van der Waals surface area contributed by atoms with E-state index < -0.39 is 18.0 Å². The van der Waals surface area contributed by atoms with Crippen LogP contribution >= 0.6 is 0 Å². The van der Waals surface area contributed by atoms with Crippen LogP contribution in [0.1, 0.15) is 22.0 Å². The molecule has 0 unspecified atom stereocenters. The van der Waals surface area contributed by atoms with E-state index in [-0.39, 0.29) is 5.56 Å². The van der Waals surface area contributed by atoms with Crippen molar-refractivity contribution in [2.24, 2.45) is 5.73 Å². The van der Waals surface area contributed by atoms with Crippen LogP contribution in [0.2, 0.25) is 0 Å². The van der Waals surface area contributed by atoms with Crippen LogP contribution in [0.5, 0.6) is 5.75 Å². The zero-order valence-corrected chi connectivity index (χ0v) is 9.47. The van der Waals surface area contributed by atoms with Crippen LogP contribution in [-0.2, 0) is 9.53 Å². The van der Waals surface area contributed by atoms with Gasteiger partial charge in [0.1, 0.15) is 17.4 Å². The summed E-state index contributed by atoms with van der Waals surface area (Å²) in [4.78, 5) is 22.2. The Labute approximate surface area is 97.9 Å². The fraction of sp³-hybridized carbons (Fsp3) is 0.273. The Kier molecular flexibility index (Phi) is 4.06. The number of carbonyl (C=O) groups excluding carboxylic acids is 1. The summed E-state index contributed by atoms with van der Waals surface area (Å²) < 4.78 is 9.54. The van der Waals surface area contributed by atoms with Crippen molar-refractivity contribution in [1.82, 2.24) is 0 Å². The lowest BCUT2D eigenvalue weighted by molar-refractivity contribution is -0.138. The minimum absolute atomic E-state index is 0.143. The maximum atomic E-state index is 11.4. The number of carboxylic acid groups (broad SMARTS) is 1. The molecule has 1 rings (SSSR count). The molecule has 0 aliphatic carbocycles. The highest BCUT2D eigenvalue weighted by Crippen LogP contribution is 2.23. The average molecular weight is 239 g/mol. The molecule has 17 heavy (non-hydrogen) atoms. The number of methoxy groups -OCH3 is 2. The first-order valence-corrected chi connectivity index (χ1v) is 4.76. The largest absolute Gasteiger partial charge is 0.496 e. The molecule has 0 heterocycles. The van der Waals surface area contributed by atoms with Gasteiger partial charge in [-0.05, 0) is 17.7 Å². The zero-order valence-electron chi connectivity index (χ0n) is 9.47. The number of rotatable bonds is 4. The van der Waals surface area contributed by atoms with Gasteiger partial charge < -0.3 is 20.3 Å². The van der Waals surface area contributed by atoms with Crippen molar-refractivity contribution >= 4 is 11.9 Å². The fourth-order valence-corrected chi connectivity index (χ4v) is 1.33. The fourth-order valence-electron chi connectivity index (χ4n) is 1.33. The molecule has 0 spiro atoms. The van der Waals surface area contributed by atoms with E-state index in [9.17, 15) is 9.59 Å². The molecule has 92 valence electrons. The predicted octanol–water partition coefficient (Wildman–Crippen LogP) is 0.566. The summed E-state index contributed by atoms with van der Waals surface area (Å²) in [5.74, 6) is -1.48. The highest BCUT2D eigenvalue weighted by atomic mass is 16.5. The molecule has 0 bridgehead atoms. The number of benzene rings is 1. The number of hydrogen-bond donors (Lipinski definition) is 2. The second-order valence-corrected chi connectivity index (χ2v) is 3.27. The molecule has 0 fully saturated rings. The van der Waals surface area contributed by atoms with Crippen LogP contribution < -0.4 is 10.5 Å². The molecule has 0 saturated heterocycles. The molecule has 1 atom stereocenters. The minimum atomic E-state index is -1.19. The Hall–Kier alpha value is -2.08. The lowest BCUT2D eigenvalue weighted by atomic mass is 10.0. The van der Waals surface area contributed by atoms with Gasteiger partial charge in [-0.15, -0.1) is 0 Å². The van der Waals surface area contributed by atoms with Crippen LogP contribution in [0.4, 0.5) is 0 Å². The molecule has 1 aromatic rings. The molecule has 1 aromatic carbocycles. The van der Waals surface area contributed by atoms with E-state index in [1.54, 1.807) is 0 Å². The molecule has 0 saturated carbocycles. The Morgan fingerprint density at radius 1 is 1.35 bits per heavy atom. The summed E-state index contributed by atoms with van der Waals surface area (Å²) in [6.45, 7) is 0. The van der Waals surface area contributed by atoms with Gasteiger partial charge in [-0.2, -0.15) is 0 Å². The first-order chi connectivity index (χ1) is 8.01. The summed E-state index contributed by atoms with van der Waals surface area (Å²) in [6.07, 6.45) is 0. The summed E-state index contributed by atoms with van der Waals surface area (Å²) in [6, 6.07) is 3.13. The van der Waals surface area contributed by atoms with Crippen LogP contribution in [0.25, 0.3) is 0 Å². The highest BCUT2D eigenvalue weighted by Gasteiger charge is 2.19. The molecule has 0 radical (unpaired) electrons. The van der Waals surface area contributed by atoms with Crippen molar-refractivity contribution in [3.63, 3.8) is 0 Å². The first-order valence-electron chi connectivity index (χ1n) is 4.76. The minimum Gasteiger partial charge on any atom is -0.496 e. The second-order valence-electron chi connectivity index (χ2n) is 3.27. The number of carbonyl (C=O) groups is 2. The third kappa shape index (κ3) is 2.73. The van der Waals surface area contributed by atoms with Gasteiger partial charge in [-0.1, -0.05) is 6.07 Å². The van der Waals surface area contributed by atoms with Crippen LogP contribution in [0.3, 0.4) is 0 Å². The normalized spacial score (nSPS) is 11.7. The molecular formula is C11H13NO5. The molecule has 0 aliphatic rings. The van der Waals surface area contributed by atoms with Crippen molar-refractivity contribution in [3.8, 4) is 5.75 Å². The smallest absolute Gasteiger partial charge is 0.341 e. The Morgan fingerprint density at radius 2 is 2.00 bits per heavy atom. The maximum absolute atomic E-state index is 11.4. The van der Waals surface area contributed by atoms with Crippen molar-refractivity contribution in [1.29, 1.82) is 0 Å². The molecule has 6 nitrogen and oxygen atoms in total. The Bertz CT molecular complexity index is 443. The van der Waals surface area contributed by atoms with Crippen molar-refractivity contribution in [2.75, 3.05) is 14.2 Å². The number of hydrogen-bond acceptors (Lipinski definition) is 5. The van der Waals surface area contributed by atoms with E-state index in [1.807, 2.05) is 0 Å². The number of ether oxygens (including phenoxy) is 2. The first kappa shape index (κ1) is 13.0. The van der Waals surface area contributed by atoms with E-state index >= 15 is 0 Å². The maximum Gasteiger partial charge on any atom is 0.341 e. The number of nitrogens with two attached hydrogens (primary N) is 1. The predicted molar refractivity (Wildman–Crippen MR) is 58.9 cm³/mol. The van der Waals surface area contributed by atoms with E-state index in [0.717, 1.165) is 0 Å². The number of aliphatic carboxylic acids is 1. The van der Waals surface area contributed by atoms with Gasteiger partial charge in [0, 0.05) is 0 Å². The van der Waals surface area contributed by atoms with Crippen molar-refractivity contribution in [2.45, 2.75) is 6.04 Å². The van der Waals surface area contributed by atoms with Gasteiger partial charge in [-0.3, -0.25) is 4.79 Å². The SMILES string of the molecule is COC(=O)c1cc([C@H](N)C(=O)O)ccc1OC. The lowest BCUT2D eigenvalue weighted by Gasteiger charge is -2.11. The van der Waals surface area contributed by atoms with Crippen molar-refractivity contribution in [3.05, 3.63) is 29.3 Å². The van der Waals surface area contributed by atoms with Crippen LogP contribution in [-0.4, -0.2) is 31.3 Å². The Morgan fingerprint density at radius 3 is 2.47 bits per heavy atom. The van der Waals surface area contributed by atoms with E-state index in [4.69, 9.17) is 15.6 Å². The van der Waals surface area contributed by atoms with E-state index in [1.165, 1.54) is 32.4 Å². The molecule has 6 heteroatoms. The van der Waals surface area contributed by atoms with Crippen molar-refractivity contribution < 1.29 is 24.2 Å². The monoisotopic (exact) mass is 239 g/mol. The summed E-state index contributed by atoms with van der Waals surface area (Å²) >= 11 is 0. The van der Waals surface area contributed by atoms with Crippen LogP contribution in [0.15, 0.2) is 18.2 Å². The topological polar surface area (TPSA) is 98.9 Å². The molecule has 0 aromatic heterocycles. The van der Waals surface area contributed by atoms with Gasteiger partial charge in [0.25, 0.3) is 0 Å². The number of esters is 1. The van der Waals surface area contributed by atoms with E-state index in [2.05, 4.69) is 4.74 Å². The Balaban J connectivity index is 3.22. The molecule has 0 aliphatic heterocycles. The summed E-state index contributed by atoms with van der Waals surface area (Å²) in [7, 11) is 2.63. The standard InChI is InChI=1S/C11H13NO5/c1-16-8-4-3-6(9(12)10(13)14)5-7(8)11(15)17-2/h3-5,9H,12H2,1-2H3,(H,13,14)/t9-/m0/s1. The summed E-state index contributed by atoms with van der Waals surface area (Å²) in [5, 5.41) is 8.78. The molecular weight excluding hydrogens is 226 g/mol. The third-order valence-electron chi connectivity index (χ3n) is 2.25. The van der Waals surface area contributed by atoms with Crippen LogP contribution in [0, 0.1) is 0 Å². The highest BCUT2D eigenvalue weighted by molar-refractivity contribution is 5.93. The zero-order chi connectivity index (χ0) is 13.0. The second kappa shape index (κ2) is 5.31. The van der Waals surface area contributed by atoms with Gasteiger partial charge in [0.15, 0.2) is 0 Å². The molecule has 0 amide bonds. The third-order valence-corrected chi connectivity index (χ3v) is 2.25. The van der Waals surface area contributed by atoms with Gasteiger partial charge in [0.05, 0.1) is 14.2 Å². The van der Waals surface area contributed by atoms with Gasteiger partial charge in [0.2, 0.25) is 0 Å². The summed E-state index contributed by atoms with van der Waals surface area (Å²) in [5.41, 5.74) is 5.89. The quantitative estimate of drug-likeness (QED) is 0.745. The average Bonchev–Trinajstić information content (AvgIpc) is 2.35. The number of carboxylic acids is 1.